The van der Waals surface area contributed by atoms with Crippen LogP contribution in [0.4, 0.5) is 0 Å². The van der Waals surface area contributed by atoms with Gasteiger partial charge in [-0.1, -0.05) is 30.3 Å². The van der Waals surface area contributed by atoms with Gasteiger partial charge in [-0.2, -0.15) is 4.31 Å². The van der Waals surface area contributed by atoms with Gasteiger partial charge in [0.05, 0.1) is 0 Å². The fourth-order valence-corrected chi connectivity index (χ4v) is 4.31. The molecule has 0 aliphatic carbocycles. The van der Waals surface area contributed by atoms with E-state index in [1.165, 1.54) is 23.5 Å². The molecule has 0 aliphatic heterocycles. The summed E-state index contributed by atoms with van der Waals surface area (Å²) in [7, 11) is -2.13. The van der Waals surface area contributed by atoms with Gasteiger partial charge in [-0.15, -0.1) is 11.3 Å². The summed E-state index contributed by atoms with van der Waals surface area (Å²) in [5.74, 6) is -1.12. The van der Waals surface area contributed by atoms with Gasteiger partial charge in [0.25, 0.3) is 10.0 Å². The van der Waals surface area contributed by atoms with Crippen LogP contribution in [0.2, 0.25) is 0 Å². The van der Waals surface area contributed by atoms with E-state index in [9.17, 15) is 13.2 Å². The first-order chi connectivity index (χ1) is 9.91. The first kappa shape index (κ1) is 15.7. The second-order valence-electron chi connectivity index (χ2n) is 4.49. The first-order valence-corrected chi connectivity index (χ1v) is 8.50. The molecule has 112 valence electrons. The Morgan fingerprint density at radius 2 is 1.86 bits per heavy atom. The number of sulfonamides is 1. The highest BCUT2D eigenvalue weighted by molar-refractivity contribution is 7.91. The Hall–Kier alpha value is -1.70. The van der Waals surface area contributed by atoms with Crippen LogP contribution in [0, 0.1) is 0 Å². The van der Waals surface area contributed by atoms with E-state index in [-0.39, 0.29) is 9.09 Å². The van der Waals surface area contributed by atoms with Gasteiger partial charge < -0.3 is 5.11 Å². The third-order valence-corrected chi connectivity index (χ3v) is 6.41. The monoisotopic (exact) mass is 325 g/mol. The Morgan fingerprint density at radius 3 is 2.43 bits per heavy atom. The molecule has 0 unspecified atom stereocenters. The van der Waals surface area contributed by atoms with Crippen molar-refractivity contribution in [1.29, 1.82) is 0 Å². The Kier molecular flexibility index (Phi) is 4.76. The third-order valence-electron chi connectivity index (χ3n) is 3.01. The SMILES string of the molecule is CN(CCc1ccccc1)S(=O)(=O)c1ccc(C(=O)O)s1. The second kappa shape index (κ2) is 6.38. The van der Waals surface area contributed by atoms with Crippen LogP contribution in [0.3, 0.4) is 0 Å². The smallest absolute Gasteiger partial charge is 0.345 e. The molecule has 0 atom stereocenters. The quantitative estimate of drug-likeness (QED) is 0.884. The van der Waals surface area contributed by atoms with E-state index in [1.807, 2.05) is 30.3 Å². The van der Waals surface area contributed by atoms with Crippen molar-refractivity contribution in [1.82, 2.24) is 4.31 Å². The minimum Gasteiger partial charge on any atom is -0.477 e. The molecule has 0 radical (unpaired) electrons. The van der Waals surface area contributed by atoms with E-state index in [2.05, 4.69) is 0 Å². The van der Waals surface area contributed by atoms with E-state index in [1.54, 1.807) is 0 Å². The minimum atomic E-state index is -3.63. The van der Waals surface area contributed by atoms with Crippen molar-refractivity contribution < 1.29 is 18.3 Å². The maximum atomic E-state index is 12.3. The van der Waals surface area contributed by atoms with Gasteiger partial charge in [-0.05, 0) is 24.1 Å². The number of rotatable bonds is 6. The lowest BCUT2D eigenvalue weighted by Gasteiger charge is -2.15. The topological polar surface area (TPSA) is 74.7 Å². The summed E-state index contributed by atoms with van der Waals surface area (Å²) in [5, 5.41) is 8.86. The van der Waals surface area contributed by atoms with Crippen molar-refractivity contribution in [2.45, 2.75) is 10.6 Å². The molecule has 7 heteroatoms. The number of carboxylic acids is 1. The third kappa shape index (κ3) is 3.69. The number of nitrogens with zero attached hydrogens (tertiary/aromatic N) is 1. The normalized spacial score (nSPS) is 11.7. The molecule has 0 saturated carbocycles. The summed E-state index contributed by atoms with van der Waals surface area (Å²) in [6, 6.07) is 12.2. The molecule has 1 aromatic carbocycles. The summed E-state index contributed by atoms with van der Waals surface area (Å²) in [4.78, 5) is 10.8. The average molecular weight is 325 g/mol. The molecule has 1 heterocycles. The Morgan fingerprint density at radius 1 is 1.19 bits per heavy atom. The highest BCUT2D eigenvalue weighted by Crippen LogP contribution is 2.24. The molecule has 0 bridgehead atoms. The van der Waals surface area contributed by atoms with Crippen LogP contribution in [0.1, 0.15) is 15.2 Å². The van der Waals surface area contributed by atoms with Gasteiger partial charge >= 0.3 is 5.97 Å². The average Bonchev–Trinajstić information content (AvgIpc) is 2.96. The van der Waals surface area contributed by atoms with Gasteiger partial charge in [0.1, 0.15) is 9.09 Å². The predicted octanol–water partition coefficient (Wildman–Crippen LogP) is 2.31. The highest BCUT2D eigenvalue weighted by atomic mass is 32.2. The van der Waals surface area contributed by atoms with Crippen LogP contribution in [0.5, 0.6) is 0 Å². The Labute approximate surface area is 127 Å². The standard InChI is InChI=1S/C14H15NO4S2/c1-15(10-9-11-5-3-2-4-6-11)21(18,19)13-8-7-12(20-13)14(16)17/h2-8H,9-10H2,1H3,(H,16,17). The summed E-state index contributed by atoms with van der Waals surface area (Å²) < 4.78 is 26.0. The molecule has 0 amide bonds. The van der Waals surface area contributed by atoms with Crippen molar-refractivity contribution in [2.24, 2.45) is 0 Å². The molecule has 1 aromatic heterocycles. The summed E-state index contributed by atoms with van der Waals surface area (Å²) in [6.45, 7) is 0.340. The molecule has 0 aliphatic rings. The zero-order chi connectivity index (χ0) is 15.5. The van der Waals surface area contributed by atoms with Crippen molar-refractivity contribution in [3.63, 3.8) is 0 Å². The van der Waals surface area contributed by atoms with Gasteiger partial charge in [0.15, 0.2) is 0 Å². The molecule has 0 saturated heterocycles. The van der Waals surface area contributed by atoms with Crippen LogP contribution < -0.4 is 0 Å². The van der Waals surface area contributed by atoms with E-state index in [0.717, 1.165) is 16.9 Å². The zero-order valence-electron chi connectivity index (χ0n) is 11.4. The summed E-state index contributed by atoms with van der Waals surface area (Å²) in [6.07, 6.45) is 0.605. The molecule has 1 N–H and O–H groups in total. The number of benzene rings is 1. The maximum absolute atomic E-state index is 12.3. The van der Waals surface area contributed by atoms with E-state index in [4.69, 9.17) is 5.11 Å². The van der Waals surface area contributed by atoms with Crippen LogP contribution in [0.15, 0.2) is 46.7 Å². The molecule has 0 spiro atoms. The van der Waals surface area contributed by atoms with Crippen molar-refractivity contribution in [3.05, 3.63) is 52.9 Å². The second-order valence-corrected chi connectivity index (χ2v) is 7.84. The summed E-state index contributed by atoms with van der Waals surface area (Å²) >= 11 is 0.769. The fraction of sp³-hybridized carbons (Fsp3) is 0.214. The van der Waals surface area contributed by atoms with Gasteiger partial charge in [-0.3, -0.25) is 0 Å². The van der Waals surface area contributed by atoms with Crippen molar-refractivity contribution in [2.75, 3.05) is 13.6 Å². The minimum absolute atomic E-state index is 0.0186. The molecular formula is C14H15NO4S2. The lowest BCUT2D eigenvalue weighted by Crippen LogP contribution is -2.28. The number of carboxylic acid groups (broad SMARTS) is 1. The zero-order valence-corrected chi connectivity index (χ0v) is 13.0. The maximum Gasteiger partial charge on any atom is 0.345 e. The Bertz CT molecular complexity index is 722. The van der Waals surface area contributed by atoms with Crippen molar-refractivity contribution in [3.8, 4) is 0 Å². The van der Waals surface area contributed by atoms with Gasteiger partial charge in [0.2, 0.25) is 0 Å². The molecule has 2 aromatic rings. The Balaban J connectivity index is 2.09. The number of hydrogen-bond acceptors (Lipinski definition) is 4. The first-order valence-electron chi connectivity index (χ1n) is 6.24. The van der Waals surface area contributed by atoms with Crippen LogP contribution in [-0.4, -0.2) is 37.4 Å². The molecule has 21 heavy (non-hydrogen) atoms. The lowest BCUT2D eigenvalue weighted by molar-refractivity contribution is 0.0702. The van der Waals surface area contributed by atoms with Gasteiger partial charge in [0, 0.05) is 13.6 Å². The number of hydrogen-bond donors (Lipinski definition) is 1. The van der Waals surface area contributed by atoms with Crippen LogP contribution in [0.25, 0.3) is 0 Å². The van der Waals surface area contributed by atoms with E-state index >= 15 is 0 Å². The summed E-state index contributed by atoms with van der Waals surface area (Å²) in [5.41, 5.74) is 1.05. The van der Waals surface area contributed by atoms with Crippen LogP contribution in [-0.2, 0) is 16.4 Å². The number of aromatic carboxylic acids is 1. The molecular weight excluding hydrogens is 310 g/mol. The number of thiophene rings is 1. The largest absolute Gasteiger partial charge is 0.477 e. The predicted molar refractivity (Wildman–Crippen MR) is 81.2 cm³/mol. The number of likely N-dealkylation sites (N-methyl/N-ethyl adjacent to an activating group) is 1. The fourth-order valence-electron chi connectivity index (χ4n) is 1.78. The molecule has 5 nitrogen and oxygen atoms in total. The lowest BCUT2D eigenvalue weighted by atomic mass is 10.2. The molecule has 0 fully saturated rings. The highest BCUT2D eigenvalue weighted by Gasteiger charge is 2.23. The molecule has 2 rings (SSSR count). The van der Waals surface area contributed by atoms with Gasteiger partial charge in [-0.25, -0.2) is 13.2 Å². The van der Waals surface area contributed by atoms with E-state index in [0.29, 0.717) is 13.0 Å². The number of carbonyl (C=O) groups is 1. The van der Waals surface area contributed by atoms with Crippen LogP contribution >= 0.6 is 11.3 Å². The van der Waals surface area contributed by atoms with Crippen molar-refractivity contribution >= 4 is 27.3 Å². The van der Waals surface area contributed by atoms with E-state index < -0.39 is 16.0 Å².